The normalized spacial score (nSPS) is 15.8. The van der Waals surface area contributed by atoms with Crippen LogP contribution < -0.4 is 5.32 Å². The summed E-state index contributed by atoms with van der Waals surface area (Å²) in [5.41, 5.74) is 2.18. The molecule has 1 amide bonds. The Hall–Kier alpha value is -2.10. The monoisotopic (exact) mass is 283 g/mol. The lowest BCUT2D eigenvalue weighted by Crippen LogP contribution is -2.31. The van der Waals surface area contributed by atoms with Gasteiger partial charge in [-0.2, -0.15) is 0 Å². The van der Waals surface area contributed by atoms with Crippen molar-refractivity contribution in [3.63, 3.8) is 0 Å². The van der Waals surface area contributed by atoms with Crippen molar-refractivity contribution in [2.24, 2.45) is 5.92 Å². The third-order valence-corrected chi connectivity index (χ3v) is 4.20. The molecule has 1 aromatic heterocycles. The summed E-state index contributed by atoms with van der Waals surface area (Å²) < 4.78 is 1.97. The molecule has 1 heterocycles. The summed E-state index contributed by atoms with van der Waals surface area (Å²) in [6.45, 7) is 0.573. The number of nitrogens with zero attached hydrogens (tertiary/aromatic N) is 2. The van der Waals surface area contributed by atoms with Gasteiger partial charge in [0.15, 0.2) is 0 Å². The third kappa shape index (κ3) is 3.32. The van der Waals surface area contributed by atoms with E-state index < -0.39 is 0 Å². The van der Waals surface area contributed by atoms with E-state index in [0.29, 0.717) is 6.54 Å². The van der Waals surface area contributed by atoms with Gasteiger partial charge in [0, 0.05) is 24.9 Å². The fraction of sp³-hybridized carbons (Fsp3) is 0.412. The van der Waals surface area contributed by atoms with E-state index in [2.05, 4.69) is 16.4 Å². The topological polar surface area (TPSA) is 46.9 Å². The highest BCUT2D eigenvalue weighted by Gasteiger charge is 2.20. The van der Waals surface area contributed by atoms with Gasteiger partial charge in [-0.3, -0.25) is 4.79 Å². The molecule has 2 aromatic rings. The van der Waals surface area contributed by atoms with Crippen molar-refractivity contribution in [2.75, 3.05) is 0 Å². The van der Waals surface area contributed by atoms with Gasteiger partial charge in [-0.05, 0) is 24.5 Å². The number of nitrogens with one attached hydrogen (secondary N) is 1. The number of benzene rings is 1. The number of imidazole rings is 1. The summed E-state index contributed by atoms with van der Waals surface area (Å²) in [5, 5.41) is 3.10. The molecule has 0 unspecified atom stereocenters. The fourth-order valence-corrected chi connectivity index (χ4v) is 3.01. The number of aromatic nitrogens is 2. The SMILES string of the molecule is O=C(NCc1ccccc1-n1ccnc1)C1CCCCC1. The van der Waals surface area contributed by atoms with Crippen LogP contribution in [0.25, 0.3) is 5.69 Å². The first-order valence-electron chi connectivity index (χ1n) is 7.68. The lowest BCUT2D eigenvalue weighted by molar-refractivity contribution is -0.126. The van der Waals surface area contributed by atoms with E-state index in [9.17, 15) is 4.79 Å². The molecule has 0 saturated heterocycles. The van der Waals surface area contributed by atoms with Gasteiger partial charge in [0.05, 0.1) is 12.0 Å². The van der Waals surface area contributed by atoms with E-state index in [4.69, 9.17) is 0 Å². The van der Waals surface area contributed by atoms with Crippen molar-refractivity contribution in [1.29, 1.82) is 0 Å². The largest absolute Gasteiger partial charge is 0.352 e. The summed E-state index contributed by atoms with van der Waals surface area (Å²) in [4.78, 5) is 16.3. The van der Waals surface area contributed by atoms with Gasteiger partial charge in [-0.15, -0.1) is 0 Å². The average Bonchev–Trinajstić information content (AvgIpc) is 3.08. The molecule has 0 bridgehead atoms. The molecule has 110 valence electrons. The number of hydrogen-bond acceptors (Lipinski definition) is 2. The molecular weight excluding hydrogens is 262 g/mol. The lowest BCUT2D eigenvalue weighted by atomic mass is 9.88. The Labute approximate surface area is 125 Å². The van der Waals surface area contributed by atoms with Crippen LogP contribution in [0.3, 0.4) is 0 Å². The molecule has 0 radical (unpaired) electrons. The number of rotatable bonds is 4. The van der Waals surface area contributed by atoms with Crippen LogP contribution in [0.15, 0.2) is 43.0 Å². The Kier molecular flexibility index (Phi) is 4.34. The van der Waals surface area contributed by atoms with Crippen molar-refractivity contribution >= 4 is 5.91 Å². The van der Waals surface area contributed by atoms with Gasteiger partial charge in [-0.25, -0.2) is 4.98 Å². The zero-order chi connectivity index (χ0) is 14.5. The number of para-hydroxylation sites is 1. The van der Waals surface area contributed by atoms with Crippen molar-refractivity contribution in [1.82, 2.24) is 14.9 Å². The predicted octanol–water partition coefficient (Wildman–Crippen LogP) is 3.07. The molecule has 21 heavy (non-hydrogen) atoms. The molecule has 4 heteroatoms. The second-order valence-electron chi connectivity index (χ2n) is 5.65. The Balaban J connectivity index is 1.66. The quantitative estimate of drug-likeness (QED) is 0.937. The van der Waals surface area contributed by atoms with Crippen LogP contribution in [0.1, 0.15) is 37.7 Å². The highest BCUT2D eigenvalue weighted by Crippen LogP contribution is 2.24. The van der Waals surface area contributed by atoms with Crippen molar-refractivity contribution in [3.8, 4) is 5.69 Å². The van der Waals surface area contributed by atoms with E-state index >= 15 is 0 Å². The van der Waals surface area contributed by atoms with E-state index in [1.54, 1.807) is 12.5 Å². The van der Waals surface area contributed by atoms with Crippen molar-refractivity contribution in [3.05, 3.63) is 48.5 Å². The van der Waals surface area contributed by atoms with Gasteiger partial charge in [0.2, 0.25) is 5.91 Å². The van der Waals surface area contributed by atoms with Crippen LogP contribution in [0.4, 0.5) is 0 Å². The zero-order valence-electron chi connectivity index (χ0n) is 12.2. The minimum absolute atomic E-state index is 0.204. The smallest absolute Gasteiger partial charge is 0.223 e. The molecule has 4 nitrogen and oxygen atoms in total. The molecule has 0 aliphatic heterocycles. The highest BCUT2D eigenvalue weighted by molar-refractivity contribution is 5.78. The highest BCUT2D eigenvalue weighted by atomic mass is 16.1. The Morgan fingerprint density at radius 1 is 1.24 bits per heavy atom. The molecule has 1 N–H and O–H groups in total. The molecule has 1 aliphatic carbocycles. The van der Waals surface area contributed by atoms with Gasteiger partial charge < -0.3 is 9.88 Å². The molecule has 1 aliphatic rings. The molecule has 1 saturated carbocycles. The Morgan fingerprint density at radius 2 is 2.05 bits per heavy atom. The Bertz CT molecular complexity index is 586. The summed E-state index contributed by atoms with van der Waals surface area (Å²) >= 11 is 0. The third-order valence-electron chi connectivity index (χ3n) is 4.20. The molecule has 0 spiro atoms. The molecule has 3 rings (SSSR count). The lowest BCUT2D eigenvalue weighted by Gasteiger charge is -2.21. The first kappa shape index (κ1) is 13.9. The summed E-state index contributed by atoms with van der Waals surface area (Å²) in [6, 6.07) is 8.10. The number of carbonyl (C=O) groups excluding carboxylic acids is 1. The Morgan fingerprint density at radius 3 is 2.81 bits per heavy atom. The minimum Gasteiger partial charge on any atom is -0.352 e. The number of amides is 1. The second kappa shape index (κ2) is 6.57. The summed E-state index contributed by atoms with van der Waals surface area (Å²) in [7, 11) is 0. The minimum atomic E-state index is 0.204. The van der Waals surface area contributed by atoms with Crippen molar-refractivity contribution < 1.29 is 4.79 Å². The standard InChI is InChI=1S/C17H21N3O/c21-17(14-6-2-1-3-7-14)19-12-15-8-4-5-9-16(15)20-11-10-18-13-20/h4-5,8-11,13-14H,1-3,6-7,12H2,(H,19,21). The number of hydrogen-bond donors (Lipinski definition) is 1. The predicted molar refractivity (Wildman–Crippen MR) is 82.0 cm³/mol. The molecule has 1 fully saturated rings. The molecule has 1 aromatic carbocycles. The van der Waals surface area contributed by atoms with Crippen LogP contribution in [0.2, 0.25) is 0 Å². The van der Waals surface area contributed by atoms with E-state index in [-0.39, 0.29) is 11.8 Å². The maximum atomic E-state index is 12.2. The molecule has 0 atom stereocenters. The van der Waals surface area contributed by atoms with Crippen LogP contribution in [0, 0.1) is 5.92 Å². The van der Waals surface area contributed by atoms with Crippen LogP contribution in [-0.2, 0) is 11.3 Å². The maximum absolute atomic E-state index is 12.2. The van der Waals surface area contributed by atoms with Crippen LogP contribution >= 0.6 is 0 Å². The van der Waals surface area contributed by atoms with Gasteiger partial charge in [-0.1, -0.05) is 37.5 Å². The average molecular weight is 283 g/mol. The van der Waals surface area contributed by atoms with Crippen LogP contribution in [-0.4, -0.2) is 15.5 Å². The van der Waals surface area contributed by atoms with E-state index in [1.807, 2.05) is 29.0 Å². The molecular formula is C17H21N3O. The van der Waals surface area contributed by atoms with Crippen molar-refractivity contribution in [2.45, 2.75) is 38.6 Å². The van der Waals surface area contributed by atoms with Gasteiger partial charge in [0.25, 0.3) is 0 Å². The van der Waals surface area contributed by atoms with E-state index in [1.165, 1.54) is 19.3 Å². The number of carbonyl (C=O) groups is 1. The van der Waals surface area contributed by atoms with E-state index in [0.717, 1.165) is 24.1 Å². The summed E-state index contributed by atoms with van der Waals surface area (Å²) in [5.74, 6) is 0.411. The maximum Gasteiger partial charge on any atom is 0.223 e. The van der Waals surface area contributed by atoms with Gasteiger partial charge >= 0.3 is 0 Å². The van der Waals surface area contributed by atoms with Crippen LogP contribution in [0.5, 0.6) is 0 Å². The first-order valence-corrected chi connectivity index (χ1v) is 7.68. The first-order chi connectivity index (χ1) is 10.3. The zero-order valence-corrected chi connectivity index (χ0v) is 12.2. The fourth-order valence-electron chi connectivity index (χ4n) is 3.01. The summed E-state index contributed by atoms with van der Waals surface area (Å²) in [6.07, 6.45) is 11.2. The van der Waals surface area contributed by atoms with Gasteiger partial charge in [0.1, 0.15) is 0 Å². The second-order valence-corrected chi connectivity index (χ2v) is 5.65.